The van der Waals surface area contributed by atoms with Gasteiger partial charge in [0.15, 0.2) is 6.54 Å². The van der Waals surface area contributed by atoms with E-state index in [0.29, 0.717) is 31.8 Å². The first-order valence-electron chi connectivity index (χ1n) is 7.59. The molecule has 24 heavy (non-hydrogen) atoms. The summed E-state index contributed by atoms with van der Waals surface area (Å²) in [6.45, 7) is 6.85. The van der Waals surface area contributed by atoms with Crippen LogP contribution in [0.2, 0.25) is 0 Å². The smallest absolute Gasteiger partial charge is 0.265 e. The van der Waals surface area contributed by atoms with Crippen molar-refractivity contribution in [1.29, 1.82) is 0 Å². The van der Waals surface area contributed by atoms with Crippen LogP contribution in [0.4, 0.5) is 0 Å². The molecule has 0 aliphatic heterocycles. The maximum atomic E-state index is 11.0. The summed E-state index contributed by atoms with van der Waals surface area (Å²) in [5, 5.41) is 1.02. The van der Waals surface area contributed by atoms with Crippen LogP contribution >= 0.6 is 11.3 Å². The molecule has 1 heterocycles. The molecule has 0 amide bonds. The van der Waals surface area contributed by atoms with E-state index < -0.39 is 10.1 Å². The molecule has 1 N–H and O–H groups in total. The maximum absolute atomic E-state index is 11.0. The molecule has 0 atom stereocenters. The van der Waals surface area contributed by atoms with E-state index in [1.807, 2.05) is 29.7 Å². The van der Waals surface area contributed by atoms with Crippen LogP contribution in [0, 0.1) is 0 Å². The first-order valence-corrected chi connectivity index (χ1v) is 10.0. The van der Waals surface area contributed by atoms with Gasteiger partial charge in [0.25, 0.3) is 10.1 Å². The highest BCUT2D eigenvalue weighted by molar-refractivity contribution is 7.85. The molecule has 0 radical (unpaired) electrons. The number of ether oxygens (including phenoxy) is 2. The molecule has 132 valence electrons. The van der Waals surface area contributed by atoms with Gasteiger partial charge in [0, 0.05) is 6.42 Å². The summed E-state index contributed by atoms with van der Waals surface area (Å²) < 4.78 is 44.7. The van der Waals surface area contributed by atoms with E-state index in [-0.39, 0.29) is 5.75 Å². The molecule has 0 bridgehead atoms. The maximum Gasteiger partial charge on any atom is 0.265 e. The number of fused-ring (bicyclic) bond motifs is 1. The second-order valence-corrected chi connectivity index (χ2v) is 7.96. The molecule has 0 spiro atoms. The number of methoxy groups -OCH3 is 1. The average Bonchev–Trinajstić information content (AvgIpc) is 2.83. The van der Waals surface area contributed by atoms with Gasteiger partial charge in [-0.1, -0.05) is 17.9 Å². The second-order valence-electron chi connectivity index (χ2n) is 5.27. The van der Waals surface area contributed by atoms with Crippen LogP contribution in [0.3, 0.4) is 0 Å². The van der Waals surface area contributed by atoms with Crippen molar-refractivity contribution < 1.29 is 27.0 Å². The molecule has 0 saturated carbocycles. The molecular weight excluding hydrogens is 350 g/mol. The molecule has 0 aliphatic rings. The lowest BCUT2D eigenvalue weighted by molar-refractivity contribution is -0.674. The molecule has 8 heteroatoms. The monoisotopic (exact) mass is 372 g/mol. The standard InChI is InChI=1S/C16H21NO5S2/c1-4-22-12(2)10-16-17(8-5-9-24(18,19)20)14-11-13(21-3)6-7-15(14)23-16/h6-7,11H,2,4-5,8-10H2,1,3H3/p+1. The van der Waals surface area contributed by atoms with Crippen LogP contribution in [-0.2, 0) is 27.8 Å². The fourth-order valence-electron chi connectivity index (χ4n) is 2.44. The van der Waals surface area contributed by atoms with Crippen molar-refractivity contribution in [2.45, 2.75) is 26.3 Å². The number of hydrogen-bond donors (Lipinski definition) is 1. The molecule has 0 fully saturated rings. The first-order chi connectivity index (χ1) is 11.3. The lowest BCUT2D eigenvalue weighted by Crippen LogP contribution is -2.37. The van der Waals surface area contributed by atoms with Gasteiger partial charge in [-0.25, -0.2) is 0 Å². The minimum atomic E-state index is -3.96. The quantitative estimate of drug-likeness (QED) is 0.416. The van der Waals surface area contributed by atoms with Crippen molar-refractivity contribution in [3.8, 4) is 5.75 Å². The Morgan fingerprint density at radius 3 is 2.79 bits per heavy atom. The molecule has 1 aromatic heterocycles. The van der Waals surface area contributed by atoms with Crippen LogP contribution in [-0.4, -0.2) is 32.4 Å². The van der Waals surface area contributed by atoms with Gasteiger partial charge < -0.3 is 9.47 Å². The highest BCUT2D eigenvalue weighted by Gasteiger charge is 2.22. The average molecular weight is 372 g/mol. The Labute approximate surface area is 146 Å². The fourth-order valence-corrected chi connectivity index (χ4v) is 4.13. The van der Waals surface area contributed by atoms with E-state index in [0.717, 1.165) is 21.0 Å². The number of hydrogen-bond acceptors (Lipinski definition) is 5. The van der Waals surface area contributed by atoms with Gasteiger partial charge in [-0.2, -0.15) is 13.0 Å². The number of nitrogens with zero attached hydrogens (tertiary/aromatic N) is 1. The Morgan fingerprint density at radius 1 is 1.42 bits per heavy atom. The molecule has 0 saturated heterocycles. The Hall–Kier alpha value is -1.64. The first kappa shape index (κ1) is 18.7. The van der Waals surface area contributed by atoms with Crippen molar-refractivity contribution in [3.63, 3.8) is 0 Å². The Balaban J connectivity index is 2.35. The van der Waals surface area contributed by atoms with Gasteiger partial charge in [0.1, 0.15) is 22.6 Å². The van der Waals surface area contributed by atoms with Crippen LogP contribution in [0.1, 0.15) is 18.4 Å². The van der Waals surface area contributed by atoms with Crippen molar-refractivity contribution in [1.82, 2.24) is 0 Å². The van der Waals surface area contributed by atoms with E-state index in [4.69, 9.17) is 14.0 Å². The zero-order valence-electron chi connectivity index (χ0n) is 13.8. The van der Waals surface area contributed by atoms with Gasteiger partial charge in [0.2, 0.25) is 10.5 Å². The van der Waals surface area contributed by atoms with E-state index in [2.05, 4.69) is 6.58 Å². The van der Waals surface area contributed by atoms with Gasteiger partial charge in [0.05, 0.1) is 25.5 Å². The van der Waals surface area contributed by atoms with E-state index in [1.54, 1.807) is 18.4 Å². The molecule has 2 aromatic rings. The highest BCUT2D eigenvalue weighted by atomic mass is 32.2. The fraction of sp³-hybridized carbons (Fsp3) is 0.438. The van der Waals surface area contributed by atoms with Gasteiger partial charge >= 0.3 is 0 Å². The van der Waals surface area contributed by atoms with Gasteiger partial charge in [-0.15, -0.1) is 0 Å². The number of rotatable bonds is 9. The summed E-state index contributed by atoms with van der Waals surface area (Å²) in [6.07, 6.45) is 0.877. The normalized spacial score (nSPS) is 11.6. The minimum Gasteiger partial charge on any atom is -0.498 e. The zero-order chi connectivity index (χ0) is 17.7. The summed E-state index contributed by atoms with van der Waals surface area (Å²) in [7, 11) is -2.36. The van der Waals surface area contributed by atoms with Crippen LogP contribution in [0.25, 0.3) is 10.2 Å². The molecule has 2 rings (SSSR count). The molecular formula is C16H22NO5S2+. The second kappa shape index (κ2) is 7.96. The summed E-state index contributed by atoms with van der Waals surface area (Å²) in [6, 6.07) is 5.79. The molecule has 0 aliphatic carbocycles. The predicted molar refractivity (Wildman–Crippen MR) is 94.1 cm³/mol. The summed E-state index contributed by atoms with van der Waals surface area (Å²) in [5.41, 5.74) is 0.967. The SMILES string of the molecule is C=C(Cc1sc2ccc(OC)cc2[n+]1CCCS(=O)(=O)O)OCC. The number of aromatic nitrogens is 1. The van der Waals surface area contributed by atoms with Crippen LogP contribution < -0.4 is 9.30 Å². The summed E-state index contributed by atoms with van der Waals surface area (Å²) in [5.74, 6) is 1.13. The highest BCUT2D eigenvalue weighted by Crippen LogP contribution is 2.26. The third-order valence-electron chi connectivity index (χ3n) is 3.47. The molecule has 0 unspecified atom stereocenters. The largest absolute Gasteiger partial charge is 0.498 e. The lowest BCUT2D eigenvalue weighted by atomic mass is 10.3. The van der Waals surface area contributed by atoms with Gasteiger partial charge in [-0.3, -0.25) is 4.55 Å². The third-order valence-corrected chi connectivity index (χ3v) is 5.44. The molecule has 6 nitrogen and oxygen atoms in total. The number of allylic oxidation sites excluding steroid dienone is 1. The molecule has 1 aromatic carbocycles. The summed E-state index contributed by atoms with van der Waals surface area (Å²) >= 11 is 1.61. The number of thiazole rings is 1. The van der Waals surface area contributed by atoms with E-state index in [9.17, 15) is 8.42 Å². The van der Waals surface area contributed by atoms with Crippen LogP contribution in [0.5, 0.6) is 5.75 Å². The van der Waals surface area contributed by atoms with Crippen LogP contribution in [0.15, 0.2) is 30.5 Å². The Morgan fingerprint density at radius 2 is 2.17 bits per heavy atom. The van der Waals surface area contributed by atoms with Crippen molar-refractivity contribution in [3.05, 3.63) is 35.5 Å². The Bertz CT molecular complexity index is 826. The van der Waals surface area contributed by atoms with Crippen molar-refractivity contribution >= 4 is 31.7 Å². The number of aryl methyl sites for hydroxylation is 1. The van der Waals surface area contributed by atoms with Gasteiger partial charge in [-0.05, 0) is 19.1 Å². The van der Waals surface area contributed by atoms with Crippen molar-refractivity contribution in [2.75, 3.05) is 19.5 Å². The minimum absolute atomic E-state index is 0.271. The Kier molecular flexibility index (Phi) is 6.20. The summed E-state index contributed by atoms with van der Waals surface area (Å²) in [4.78, 5) is 0. The van der Waals surface area contributed by atoms with E-state index in [1.165, 1.54) is 0 Å². The topological polar surface area (TPSA) is 76.7 Å². The van der Waals surface area contributed by atoms with E-state index >= 15 is 0 Å². The van der Waals surface area contributed by atoms with Crippen molar-refractivity contribution in [2.24, 2.45) is 0 Å². The number of benzene rings is 1. The third kappa shape index (κ3) is 4.93. The predicted octanol–water partition coefficient (Wildman–Crippen LogP) is 2.57. The lowest BCUT2D eigenvalue weighted by Gasteiger charge is -2.04. The zero-order valence-corrected chi connectivity index (χ0v) is 15.5.